The lowest BCUT2D eigenvalue weighted by atomic mass is 10.1. The van der Waals surface area contributed by atoms with Gasteiger partial charge in [-0.05, 0) is 65.5 Å². The predicted octanol–water partition coefficient (Wildman–Crippen LogP) is 2.50. The molecular weight excluding hydrogens is 208 g/mol. The Morgan fingerprint density at radius 3 is 2.53 bits per heavy atom. The lowest BCUT2D eigenvalue weighted by molar-refractivity contribution is 0.285. The highest BCUT2D eigenvalue weighted by Gasteiger charge is 2.23. The Morgan fingerprint density at radius 2 is 2.00 bits per heavy atom. The van der Waals surface area contributed by atoms with Crippen LogP contribution in [0.1, 0.15) is 46.5 Å². The fourth-order valence-electron chi connectivity index (χ4n) is 1.95. The molecule has 0 aromatic rings. The van der Waals surface area contributed by atoms with Gasteiger partial charge in [0.1, 0.15) is 0 Å². The van der Waals surface area contributed by atoms with Gasteiger partial charge in [-0.25, -0.2) is 0 Å². The van der Waals surface area contributed by atoms with Crippen LogP contribution in [0.4, 0.5) is 0 Å². The average Bonchev–Trinajstić information content (AvgIpc) is 2.99. The van der Waals surface area contributed by atoms with Gasteiger partial charge in [0.2, 0.25) is 0 Å². The van der Waals surface area contributed by atoms with Crippen molar-refractivity contribution in [3.63, 3.8) is 0 Å². The van der Waals surface area contributed by atoms with Gasteiger partial charge < -0.3 is 5.32 Å². The highest BCUT2D eigenvalue weighted by molar-refractivity contribution is 4.90. The Kier molecular flexibility index (Phi) is 6.02. The predicted molar refractivity (Wildman–Crippen MR) is 75.0 cm³/mol. The van der Waals surface area contributed by atoms with Crippen LogP contribution < -0.4 is 5.32 Å². The van der Waals surface area contributed by atoms with Crippen LogP contribution in [0.5, 0.6) is 0 Å². The summed E-state index contributed by atoms with van der Waals surface area (Å²) >= 11 is 0. The summed E-state index contributed by atoms with van der Waals surface area (Å²) in [5, 5.41) is 3.52. The Morgan fingerprint density at radius 1 is 1.29 bits per heavy atom. The molecule has 0 bridgehead atoms. The molecule has 2 nitrogen and oxygen atoms in total. The van der Waals surface area contributed by atoms with Crippen molar-refractivity contribution in [2.45, 2.75) is 52.0 Å². The van der Waals surface area contributed by atoms with E-state index in [4.69, 9.17) is 6.42 Å². The molecule has 17 heavy (non-hydrogen) atoms. The summed E-state index contributed by atoms with van der Waals surface area (Å²) < 4.78 is 0. The standard InChI is InChI=1S/C15H28N2/c1-5-11-17(13-14-8-9-14)12-7-6-10-16-15(2,3)4/h1,14,16H,6-13H2,2-4H3. The van der Waals surface area contributed by atoms with Gasteiger partial charge in [-0.1, -0.05) is 5.92 Å². The van der Waals surface area contributed by atoms with Crippen LogP contribution in [0, 0.1) is 18.3 Å². The lowest BCUT2D eigenvalue weighted by Gasteiger charge is -2.22. The van der Waals surface area contributed by atoms with Gasteiger partial charge in [0.25, 0.3) is 0 Å². The zero-order chi connectivity index (χ0) is 12.7. The van der Waals surface area contributed by atoms with E-state index in [2.05, 4.69) is 36.9 Å². The lowest BCUT2D eigenvalue weighted by Crippen LogP contribution is -2.36. The summed E-state index contributed by atoms with van der Waals surface area (Å²) in [5.41, 5.74) is 0.243. The molecule has 0 radical (unpaired) electrons. The maximum atomic E-state index is 5.41. The van der Waals surface area contributed by atoms with Crippen LogP contribution in [0.2, 0.25) is 0 Å². The fourth-order valence-corrected chi connectivity index (χ4v) is 1.95. The summed E-state index contributed by atoms with van der Waals surface area (Å²) in [6, 6.07) is 0. The molecule has 0 saturated heterocycles. The molecule has 1 rings (SSSR count). The summed E-state index contributed by atoms with van der Waals surface area (Å²) in [7, 11) is 0. The smallest absolute Gasteiger partial charge is 0.0599 e. The summed E-state index contributed by atoms with van der Waals surface area (Å²) in [6.45, 7) is 10.9. The number of unbranched alkanes of at least 4 members (excludes halogenated alkanes) is 1. The maximum absolute atomic E-state index is 5.41. The number of rotatable bonds is 8. The first-order valence-corrected chi connectivity index (χ1v) is 6.92. The molecule has 1 fully saturated rings. The molecule has 0 heterocycles. The van der Waals surface area contributed by atoms with Crippen molar-refractivity contribution in [2.24, 2.45) is 5.92 Å². The van der Waals surface area contributed by atoms with E-state index in [1.54, 1.807) is 0 Å². The maximum Gasteiger partial charge on any atom is 0.0599 e. The van der Waals surface area contributed by atoms with Gasteiger partial charge in [-0.2, -0.15) is 0 Å². The van der Waals surface area contributed by atoms with Crippen molar-refractivity contribution < 1.29 is 0 Å². The van der Waals surface area contributed by atoms with E-state index < -0.39 is 0 Å². The van der Waals surface area contributed by atoms with E-state index in [1.807, 2.05) is 0 Å². The monoisotopic (exact) mass is 236 g/mol. The second-order valence-electron chi connectivity index (χ2n) is 6.27. The number of nitrogens with one attached hydrogen (secondary N) is 1. The average molecular weight is 236 g/mol. The van der Waals surface area contributed by atoms with Gasteiger partial charge in [0.05, 0.1) is 6.54 Å². The minimum Gasteiger partial charge on any atom is -0.312 e. The SMILES string of the molecule is C#CCN(CCCCNC(C)(C)C)CC1CC1. The molecule has 98 valence electrons. The largest absolute Gasteiger partial charge is 0.312 e. The molecule has 1 aliphatic carbocycles. The van der Waals surface area contributed by atoms with Gasteiger partial charge in [0, 0.05) is 12.1 Å². The van der Waals surface area contributed by atoms with Gasteiger partial charge in [-0.15, -0.1) is 6.42 Å². The zero-order valence-corrected chi connectivity index (χ0v) is 11.8. The van der Waals surface area contributed by atoms with Crippen LogP contribution in [-0.4, -0.2) is 36.6 Å². The Hall–Kier alpha value is -0.520. The second kappa shape index (κ2) is 7.03. The van der Waals surface area contributed by atoms with E-state index >= 15 is 0 Å². The third-order valence-corrected chi connectivity index (χ3v) is 3.08. The molecule has 0 aromatic carbocycles. The molecule has 0 spiro atoms. The van der Waals surface area contributed by atoms with Gasteiger partial charge in [-0.3, -0.25) is 4.90 Å². The summed E-state index contributed by atoms with van der Waals surface area (Å²) in [6.07, 6.45) is 10.7. The quantitative estimate of drug-likeness (QED) is 0.514. The highest BCUT2D eigenvalue weighted by Crippen LogP contribution is 2.29. The van der Waals surface area contributed by atoms with Crippen molar-refractivity contribution in [1.82, 2.24) is 10.2 Å². The van der Waals surface area contributed by atoms with Crippen molar-refractivity contribution in [3.8, 4) is 12.3 Å². The van der Waals surface area contributed by atoms with E-state index in [9.17, 15) is 0 Å². The minimum absolute atomic E-state index is 0.243. The normalized spacial score (nSPS) is 16.2. The van der Waals surface area contributed by atoms with Crippen LogP contribution in [-0.2, 0) is 0 Å². The molecule has 1 saturated carbocycles. The minimum atomic E-state index is 0.243. The van der Waals surface area contributed by atoms with Gasteiger partial charge >= 0.3 is 0 Å². The number of hydrogen-bond donors (Lipinski definition) is 1. The van der Waals surface area contributed by atoms with E-state index in [0.717, 1.165) is 25.6 Å². The molecule has 0 atom stereocenters. The Balaban J connectivity index is 2.03. The van der Waals surface area contributed by atoms with Crippen molar-refractivity contribution in [2.75, 3.05) is 26.2 Å². The first kappa shape index (κ1) is 14.5. The van der Waals surface area contributed by atoms with Crippen LogP contribution in [0.3, 0.4) is 0 Å². The summed E-state index contributed by atoms with van der Waals surface area (Å²) in [5.74, 6) is 3.72. The van der Waals surface area contributed by atoms with Crippen LogP contribution in [0.25, 0.3) is 0 Å². The molecule has 0 aromatic heterocycles. The molecule has 0 amide bonds. The third kappa shape index (κ3) is 8.24. The fraction of sp³-hybridized carbons (Fsp3) is 0.867. The van der Waals surface area contributed by atoms with Crippen molar-refractivity contribution >= 4 is 0 Å². The van der Waals surface area contributed by atoms with E-state index in [0.29, 0.717) is 0 Å². The first-order chi connectivity index (χ1) is 8.01. The summed E-state index contributed by atoms with van der Waals surface area (Å²) in [4.78, 5) is 2.44. The molecule has 1 aliphatic rings. The van der Waals surface area contributed by atoms with E-state index in [1.165, 1.54) is 32.2 Å². The molecule has 0 unspecified atom stereocenters. The first-order valence-electron chi connectivity index (χ1n) is 6.92. The molecular formula is C15H28N2. The second-order valence-corrected chi connectivity index (χ2v) is 6.27. The van der Waals surface area contributed by atoms with Gasteiger partial charge in [0.15, 0.2) is 0 Å². The third-order valence-electron chi connectivity index (χ3n) is 3.08. The molecule has 0 aliphatic heterocycles. The highest BCUT2D eigenvalue weighted by atomic mass is 15.1. The number of nitrogens with zero attached hydrogens (tertiary/aromatic N) is 1. The Bertz CT molecular complexity index is 243. The molecule has 2 heteroatoms. The van der Waals surface area contributed by atoms with E-state index in [-0.39, 0.29) is 5.54 Å². The zero-order valence-electron chi connectivity index (χ0n) is 11.8. The van der Waals surface area contributed by atoms with Crippen LogP contribution >= 0.6 is 0 Å². The topological polar surface area (TPSA) is 15.3 Å². The Labute approximate surface area is 107 Å². The number of hydrogen-bond acceptors (Lipinski definition) is 2. The van der Waals surface area contributed by atoms with Crippen molar-refractivity contribution in [1.29, 1.82) is 0 Å². The number of terminal acetylenes is 1. The molecule has 1 N–H and O–H groups in total. The van der Waals surface area contributed by atoms with Crippen LogP contribution in [0.15, 0.2) is 0 Å². The van der Waals surface area contributed by atoms with Crippen molar-refractivity contribution in [3.05, 3.63) is 0 Å².